The summed E-state index contributed by atoms with van der Waals surface area (Å²) in [7, 11) is 0. The zero-order valence-electron chi connectivity index (χ0n) is 12.9. The van der Waals surface area contributed by atoms with Gasteiger partial charge in [0.15, 0.2) is 0 Å². The van der Waals surface area contributed by atoms with Gasteiger partial charge in [-0.3, -0.25) is 9.59 Å². The molecule has 0 saturated carbocycles. The molecular weight excluding hydrogens is 266 g/mol. The maximum Gasteiger partial charge on any atom is 0.239 e. The van der Waals surface area contributed by atoms with Crippen LogP contribution in [0.4, 0.5) is 5.69 Å². The molecule has 5 nitrogen and oxygen atoms in total. The molecule has 1 N–H and O–H groups in total. The zero-order valence-corrected chi connectivity index (χ0v) is 12.9. The van der Waals surface area contributed by atoms with Crippen LogP contribution in [0.25, 0.3) is 0 Å². The fourth-order valence-corrected chi connectivity index (χ4v) is 1.96. The molecular formula is C16H21N3O2. The molecule has 1 aromatic carbocycles. The fourth-order valence-electron chi connectivity index (χ4n) is 1.96. The maximum absolute atomic E-state index is 12.4. The van der Waals surface area contributed by atoms with Crippen molar-refractivity contribution in [2.45, 2.75) is 27.7 Å². The minimum atomic E-state index is -1.16. The lowest BCUT2D eigenvalue weighted by atomic mass is 9.90. The third-order valence-corrected chi connectivity index (χ3v) is 3.40. The average Bonchev–Trinajstić information content (AvgIpc) is 2.48. The van der Waals surface area contributed by atoms with Gasteiger partial charge in [0.2, 0.25) is 11.8 Å². The van der Waals surface area contributed by atoms with Crippen molar-refractivity contribution in [1.82, 2.24) is 4.90 Å². The minimum absolute atomic E-state index is 0.207. The van der Waals surface area contributed by atoms with E-state index in [1.807, 2.05) is 19.9 Å². The van der Waals surface area contributed by atoms with E-state index in [0.717, 1.165) is 0 Å². The molecule has 0 radical (unpaired) electrons. The van der Waals surface area contributed by atoms with Gasteiger partial charge in [-0.1, -0.05) is 6.07 Å². The Labute approximate surface area is 125 Å². The van der Waals surface area contributed by atoms with Crippen LogP contribution < -0.4 is 5.32 Å². The lowest BCUT2D eigenvalue weighted by Crippen LogP contribution is -2.47. The molecule has 0 spiro atoms. The number of benzene rings is 1. The number of hydrogen-bond donors (Lipinski definition) is 1. The molecule has 0 unspecified atom stereocenters. The Morgan fingerprint density at radius 2 is 1.90 bits per heavy atom. The van der Waals surface area contributed by atoms with Crippen molar-refractivity contribution in [2.24, 2.45) is 5.41 Å². The number of anilines is 1. The molecule has 0 aromatic heterocycles. The van der Waals surface area contributed by atoms with Crippen LogP contribution in [0.1, 0.15) is 33.3 Å². The maximum atomic E-state index is 12.4. The van der Waals surface area contributed by atoms with Crippen molar-refractivity contribution in [3.63, 3.8) is 0 Å². The van der Waals surface area contributed by atoms with Crippen molar-refractivity contribution in [3.8, 4) is 6.07 Å². The molecule has 1 aromatic rings. The SMILES string of the molecule is CCN(CC)C(=O)C(C)(C)C(=O)Nc1cccc(C#N)c1. The smallest absolute Gasteiger partial charge is 0.239 e. The molecule has 0 fully saturated rings. The molecule has 0 heterocycles. The van der Waals surface area contributed by atoms with E-state index in [1.54, 1.807) is 43.0 Å². The van der Waals surface area contributed by atoms with Gasteiger partial charge in [-0.25, -0.2) is 0 Å². The lowest BCUT2D eigenvalue weighted by Gasteiger charge is -2.29. The number of nitrogens with one attached hydrogen (secondary N) is 1. The van der Waals surface area contributed by atoms with E-state index in [1.165, 1.54) is 0 Å². The molecule has 0 bridgehead atoms. The molecule has 1 rings (SSSR count). The van der Waals surface area contributed by atoms with Crippen LogP contribution in [0.15, 0.2) is 24.3 Å². The van der Waals surface area contributed by atoms with E-state index in [9.17, 15) is 9.59 Å². The molecule has 0 atom stereocenters. The second kappa shape index (κ2) is 6.89. The second-order valence-electron chi connectivity index (χ2n) is 5.25. The first kappa shape index (κ1) is 16.7. The fraction of sp³-hybridized carbons (Fsp3) is 0.438. The quantitative estimate of drug-likeness (QED) is 0.845. The Bertz CT molecular complexity index is 569. The first-order valence-corrected chi connectivity index (χ1v) is 6.97. The van der Waals surface area contributed by atoms with Crippen molar-refractivity contribution in [2.75, 3.05) is 18.4 Å². The lowest BCUT2D eigenvalue weighted by molar-refractivity contribution is -0.146. The van der Waals surface area contributed by atoms with Gasteiger partial charge in [-0.15, -0.1) is 0 Å². The summed E-state index contributed by atoms with van der Waals surface area (Å²) in [6.45, 7) is 8.11. The third kappa shape index (κ3) is 3.82. The average molecular weight is 287 g/mol. The van der Waals surface area contributed by atoms with Crippen LogP contribution >= 0.6 is 0 Å². The Hall–Kier alpha value is -2.35. The van der Waals surface area contributed by atoms with E-state index >= 15 is 0 Å². The number of hydrogen-bond acceptors (Lipinski definition) is 3. The summed E-state index contributed by atoms with van der Waals surface area (Å²) >= 11 is 0. The highest BCUT2D eigenvalue weighted by atomic mass is 16.2. The predicted octanol–water partition coefficient (Wildman–Crippen LogP) is 2.39. The Kier molecular flexibility index (Phi) is 5.48. The van der Waals surface area contributed by atoms with E-state index in [2.05, 4.69) is 5.32 Å². The number of amides is 2. The first-order valence-electron chi connectivity index (χ1n) is 6.97. The summed E-state index contributed by atoms with van der Waals surface area (Å²) in [5, 5.41) is 11.6. The zero-order chi connectivity index (χ0) is 16.0. The van der Waals surface area contributed by atoms with E-state index in [-0.39, 0.29) is 11.8 Å². The van der Waals surface area contributed by atoms with Crippen molar-refractivity contribution in [3.05, 3.63) is 29.8 Å². The number of rotatable bonds is 5. The minimum Gasteiger partial charge on any atom is -0.342 e. The standard InChI is InChI=1S/C16H21N3O2/c1-5-19(6-2)15(21)16(3,4)14(20)18-13-9-7-8-12(10-13)11-17/h7-10H,5-6H2,1-4H3,(H,18,20). The summed E-state index contributed by atoms with van der Waals surface area (Å²) in [4.78, 5) is 26.4. The van der Waals surface area contributed by atoms with Crippen molar-refractivity contribution < 1.29 is 9.59 Å². The Balaban J connectivity index is 2.91. The summed E-state index contributed by atoms with van der Waals surface area (Å²) in [5.41, 5.74) is -0.186. The van der Waals surface area contributed by atoms with Gasteiger partial charge < -0.3 is 10.2 Å². The third-order valence-electron chi connectivity index (χ3n) is 3.40. The topological polar surface area (TPSA) is 73.2 Å². The van der Waals surface area contributed by atoms with E-state index in [4.69, 9.17) is 5.26 Å². The summed E-state index contributed by atoms with van der Waals surface area (Å²) in [6, 6.07) is 8.63. The van der Waals surface area contributed by atoms with Gasteiger partial charge in [-0.05, 0) is 45.9 Å². The van der Waals surface area contributed by atoms with Gasteiger partial charge in [0, 0.05) is 18.8 Å². The number of nitriles is 1. The van der Waals surface area contributed by atoms with Crippen LogP contribution in [-0.4, -0.2) is 29.8 Å². The first-order chi connectivity index (χ1) is 9.86. The molecule has 112 valence electrons. The molecule has 5 heteroatoms. The monoisotopic (exact) mass is 287 g/mol. The Morgan fingerprint density at radius 1 is 1.29 bits per heavy atom. The van der Waals surface area contributed by atoms with Crippen LogP contribution in [0.3, 0.4) is 0 Å². The van der Waals surface area contributed by atoms with Crippen LogP contribution in [-0.2, 0) is 9.59 Å². The summed E-state index contributed by atoms with van der Waals surface area (Å²) in [5.74, 6) is -0.587. The van der Waals surface area contributed by atoms with Crippen molar-refractivity contribution in [1.29, 1.82) is 5.26 Å². The predicted molar refractivity (Wildman–Crippen MR) is 81.5 cm³/mol. The van der Waals surface area contributed by atoms with Gasteiger partial charge in [-0.2, -0.15) is 5.26 Å². The van der Waals surface area contributed by atoms with Gasteiger partial charge in [0.25, 0.3) is 0 Å². The molecule has 0 aliphatic heterocycles. The van der Waals surface area contributed by atoms with E-state index in [0.29, 0.717) is 24.3 Å². The Morgan fingerprint density at radius 3 is 2.43 bits per heavy atom. The van der Waals surface area contributed by atoms with Gasteiger partial charge in [0.05, 0.1) is 11.6 Å². The molecule has 0 aliphatic rings. The van der Waals surface area contributed by atoms with Crippen LogP contribution in [0.5, 0.6) is 0 Å². The van der Waals surface area contributed by atoms with Gasteiger partial charge >= 0.3 is 0 Å². The largest absolute Gasteiger partial charge is 0.342 e. The van der Waals surface area contributed by atoms with Crippen LogP contribution in [0.2, 0.25) is 0 Å². The normalized spacial score (nSPS) is 10.6. The van der Waals surface area contributed by atoms with E-state index < -0.39 is 5.41 Å². The van der Waals surface area contributed by atoms with Gasteiger partial charge in [0.1, 0.15) is 5.41 Å². The molecule has 0 saturated heterocycles. The highest BCUT2D eigenvalue weighted by molar-refractivity contribution is 6.09. The number of carbonyl (C=O) groups excluding carboxylic acids is 2. The molecule has 21 heavy (non-hydrogen) atoms. The highest BCUT2D eigenvalue weighted by Gasteiger charge is 2.38. The van der Waals surface area contributed by atoms with Crippen molar-refractivity contribution >= 4 is 17.5 Å². The molecule has 0 aliphatic carbocycles. The summed E-state index contributed by atoms with van der Waals surface area (Å²) in [6.07, 6.45) is 0. The second-order valence-corrected chi connectivity index (χ2v) is 5.25. The highest BCUT2D eigenvalue weighted by Crippen LogP contribution is 2.22. The number of carbonyl (C=O) groups is 2. The molecule has 2 amide bonds. The van der Waals surface area contributed by atoms with Crippen LogP contribution in [0, 0.1) is 16.7 Å². The number of nitrogens with zero attached hydrogens (tertiary/aromatic N) is 2. The summed E-state index contributed by atoms with van der Waals surface area (Å²) < 4.78 is 0.